The molecule has 4 heteroatoms. The van der Waals surface area contributed by atoms with E-state index in [0.29, 0.717) is 11.9 Å². The van der Waals surface area contributed by atoms with E-state index in [0.717, 1.165) is 45.4 Å². The summed E-state index contributed by atoms with van der Waals surface area (Å²) in [5.41, 5.74) is 1.35. The first-order valence-electron chi connectivity index (χ1n) is 10.8. The Hall–Kier alpha value is -1.39. The summed E-state index contributed by atoms with van der Waals surface area (Å²) >= 11 is 0. The lowest BCUT2D eigenvalue weighted by atomic mass is 9.84. The summed E-state index contributed by atoms with van der Waals surface area (Å²) in [5, 5.41) is 0. The number of fused-ring (bicyclic) bond motifs is 1. The molecule has 3 saturated heterocycles. The molecule has 27 heavy (non-hydrogen) atoms. The van der Waals surface area contributed by atoms with Gasteiger partial charge in [-0.15, -0.1) is 0 Å². The highest BCUT2D eigenvalue weighted by atomic mass is 16.5. The first-order chi connectivity index (χ1) is 13.1. The third-order valence-corrected chi connectivity index (χ3v) is 7.35. The van der Waals surface area contributed by atoms with Gasteiger partial charge in [-0.1, -0.05) is 43.2 Å². The molecule has 4 nitrogen and oxygen atoms in total. The molecule has 3 aliphatic heterocycles. The van der Waals surface area contributed by atoms with Gasteiger partial charge in [0.05, 0.1) is 12.1 Å². The monoisotopic (exact) mass is 370 g/mol. The molecule has 0 N–H and O–H groups in total. The molecule has 0 aromatic heterocycles. The van der Waals surface area contributed by atoms with Gasteiger partial charge in [0.1, 0.15) is 0 Å². The van der Waals surface area contributed by atoms with Crippen molar-refractivity contribution in [1.29, 1.82) is 0 Å². The van der Waals surface area contributed by atoms with Crippen LogP contribution in [-0.2, 0) is 9.53 Å². The van der Waals surface area contributed by atoms with Gasteiger partial charge in [0, 0.05) is 24.7 Å². The van der Waals surface area contributed by atoms with Crippen molar-refractivity contribution >= 4 is 5.91 Å². The first kappa shape index (κ1) is 18.9. The Morgan fingerprint density at radius 1 is 1.07 bits per heavy atom. The van der Waals surface area contributed by atoms with Gasteiger partial charge in [0.2, 0.25) is 5.91 Å². The summed E-state index contributed by atoms with van der Waals surface area (Å²) < 4.78 is 5.53. The third kappa shape index (κ3) is 3.54. The van der Waals surface area contributed by atoms with Crippen molar-refractivity contribution < 1.29 is 9.53 Å². The van der Waals surface area contributed by atoms with Crippen LogP contribution in [0, 0.1) is 5.92 Å². The van der Waals surface area contributed by atoms with Gasteiger partial charge in [0.25, 0.3) is 0 Å². The molecule has 1 aromatic carbocycles. The molecule has 3 heterocycles. The fraction of sp³-hybridized carbons (Fsp3) is 0.696. The van der Waals surface area contributed by atoms with Crippen LogP contribution < -0.4 is 0 Å². The van der Waals surface area contributed by atoms with Crippen molar-refractivity contribution in [3.8, 4) is 0 Å². The Kier molecular flexibility index (Phi) is 5.56. The highest BCUT2D eigenvalue weighted by molar-refractivity contribution is 5.80. The fourth-order valence-electron chi connectivity index (χ4n) is 5.54. The van der Waals surface area contributed by atoms with Crippen LogP contribution in [0.5, 0.6) is 0 Å². The number of rotatable bonds is 2. The molecule has 0 spiro atoms. The molecule has 1 amide bonds. The molecule has 0 bridgehead atoms. The van der Waals surface area contributed by atoms with Gasteiger partial charge in [0.15, 0.2) is 0 Å². The average Bonchev–Trinajstić information content (AvgIpc) is 3.00. The summed E-state index contributed by atoms with van der Waals surface area (Å²) in [7, 11) is 2.27. The molecule has 148 valence electrons. The molecule has 0 saturated carbocycles. The number of benzene rings is 1. The van der Waals surface area contributed by atoms with Crippen LogP contribution in [0.15, 0.2) is 30.3 Å². The lowest BCUT2D eigenvalue weighted by Gasteiger charge is -2.44. The number of hydrogen-bond acceptors (Lipinski definition) is 3. The topological polar surface area (TPSA) is 32.8 Å². The minimum atomic E-state index is 0.0573. The molecule has 1 aromatic rings. The van der Waals surface area contributed by atoms with Crippen molar-refractivity contribution in [2.45, 2.75) is 69.5 Å². The van der Waals surface area contributed by atoms with E-state index < -0.39 is 0 Å². The van der Waals surface area contributed by atoms with Crippen LogP contribution in [0.1, 0.15) is 63.5 Å². The van der Waals surface area contributed by atoms with Crippen LogP contribution in [0.2, 0.25) is 0 Å². The van der Waals surface area contributed by atoms with Gasteiger partial charge in [-0.05, 0) is 58.2 Å². The standard InChI is InChI=1S/C23H34N2O2/c1-23-17-20(18-9-5-3-6-10-18)25(22(26)19-12-15-27-16-13-19)21(23)11-7-4-8-14-24(23)2/h3,5-6,9-10,19-21H,4,7-8,11-17H2,1-2H3/t20-,21-,23-/m0/s1. The highest BCUT2D eigenvalue weighted by Crippen LogP contribution is 2.48. The maximum Gasteiger partial charge on any atom is 0.226 e. The van der Waals surface area contributed by atoms with Gasteiger partial charge in [-0.25, -0.2) is 0 Å². The molecule has 0 radical (unpaired) electrons. The van der Waals surface area contributed by atoms with Crippen LogP contribution in [-0.4, -0.2) is 54.1 Å². The lowest BCUT2D eigenvalue weighted by Crippen LogP contribution is -2.56. The second-order valence-electron chi connectivity index (χ2n) is 8.91. The average molecular weight is 371 g/mol. The predicted molar refractivity (Wildman–Crippen MR) is 107 cm³/mol. The van der Waals surface area contributed by atoms with Gasteiger partial charge in [-0.3, -0.25) is 9.69 Å². The van der Waals surface area contributed by atoms with E-state index in [1.807, 2.05) is 0 Å². The van der Waals surface area contributed by atoms with Gasteiger partial charge < -0.3 is 9.64 Å². The van der Waals surface area contributed by atoms with Crippen LogP contribution in [0.3, 0.4) is 0 Å². The van der Waals surface area contributed by atoms with E-state index >= 15 is 0 Å². The zero-order chi connectivity index (χ0) is 18.9. The molecular formula is C23H34N2O2. The van der Waals surface area contributed by atoms with E-state index in [1.165, 1.54) is 24.8 Å². The Labute approximate surface area is 163 Å². The van der Waals surface area contributed by atoms with Crippen LogP contribution in [0.25, 0.3) is 0 Å². The number of hydrogen-bond donors (Lipinski definition) is 0. The van der Waals surface area contributed by atoms with E-state index in [2.05, 4.69) is 54.1 Å². The van der Waals surface area contributed by atoms with Gasteiger partial charge >= 0.3 is 0 Å². The number of likely N-dealkylation sites (N-methyl/N-ethyl adjacent to an activating group) is 1. The largest absolute Gasteiger partial charge is 0.381 e. The molecule has 3 atom stereocenters. The van der Waals surface area contributed by atoms with E-state index in [9.17, 15) is 4.79 Å². The number of amides is 1. The number of ether oxygens (including phenoxy) is 1. The van der Waals surface area contributed by atoms with E-state index in [4.69, 9.17) is 4.74 Å². The second kappa shape index (κ2) is 7.92. The number of nitrogens with zero attached hydrogens (tertiary/aromatic N) is 2. The maximum absolute atomic E-state index is 13.7. The van der Waals surface area contributed by atoms with Crippen molar-refractivity contribution in [1.82, 2.24) is 9.80 Å². The van der Waals surface area contributed by atoms with Crippen molar-refractivity contribution in [2.75, 3.05) is 26.8 Å². The summed E-state index contributed by atoms with van der Waals surface area (Å²) in [6.07, 6.45) is 7.67. The maximum atomic E-state index is 13.7. The fourth-order valence-corrected chi connectivity index (χ4v) is 5.54. The highest BCUT2D eigenvalue weighted by Gasteiger charge is 2.54. The first-order valence-corrected chi connectivity index (χ1v) is 10.8. The van der Waals surface area contributed by atoms with Crippen molar-refractivity contribution in [3.63, 3.8) is 0 Å². The Balaban J connectivity index is 1.71. The quantitative estimate of drug-likeness (QED) is 0.788. The third-order valence-electron chi connectivity index (χ3n) is 7.35. The van der Waals surface area contributed by atoms with Gasteiger partial charge in [-0.2, -0.15) is 0 Å². The molecule has 3 aliphatic rings. The van der Waals surface area contributed by atoms with Crippen molar-refractivity contribution in [3.05, 3.63) is 35.9 Å². The summed E-state index contributed by atoms with van der Waals surface area (Å²) in [6.45, 7) is 4.98. The molecular weight excluding hydrogens is 336 g/mol. The minimum Gasteiger partial charge on any atom is -0.381 e. The zero-order valence-electron chi connectivity index (χ0n) is 16.9. The normalized spacial score (nSPS) is 33.3. The second-order valence-corrected chi connectivity index (χ2v) is 8.91. The summed E-state index contributed by atoms with van der Waals surface area (Å²) in [4.78, 5) is 18.6. The molecule has 0 unspecified atom stereocenters. The Morgan fingerprint density at radius 3 is 2.56 bits per heavy atom. The van der Waals surface area contributed by atoms with E-state index in [-0.39, 0.29) is 17.5 Å². The predicted octanol–water partition coefficient (Wildman–Crippen LogP) is 4.02. The van der Waals surface area contributed by atoms with Crippen molar-refractivity contribution in [2.24, 2.45) is 5.92 Å². The lowest BCUT2D eigenvalue weighted by molar-refractivity contribution is -0.143. The molecule has 0 aliphatic carbocycles. The van der Waals surface area contributed by atoms with E-state index in [1.54, 1.807) is 0 Å². The summed E-state index contributed by atoms with van der Waals surface area (Å²) in [6, 6.07) is 11.2. The molecule has 3 fully saturated rings. The van der Waals surface area contributed by atoms with Crippen LogP contribution >= 0.6 is 0 Å². The Bertz CT molecular complexity index is 643. The molecule has 4 rings (SSSR count). The smallest absolute Gasteiger partial charge is 0.226 e. The summed E-state index contributed by atoms with van der Waals surface area (Å²) in [5.74, 6) is 0.498. The Morgan fingerprint density at radius 2 is 1.81 bits per heavy atom. The zero-order valence-corrected chi connectivity index (χ0v) is 16.9. The minimum absolute atomic E-state index is 0.0573. The SMILES string of the molecule is CN1CCCCC[C@@H]2N(C(=O)C3CCOCC3)[C@H](c3ccccc3)C[C@@]21C. The number of likely N-dealkylation sites (tertiary alicyclic amines) is 2. The van der Waals surface area contributed by atoms with Crippen LogP contribution in [0.4, 0.5) is 0 Å². The number of carbonyl (C=O) groups is 1. The number of carbonyl (C=O) groups excluding carboxylic acids is 1.